The minimum atomic E-state index is -0.0135. The topological polar surface area (TPSA) is 57.2 Å². The number of hydrogen-bond acceptors (Lipinski definition) is 3. The van der Waals surface area contributed by atoms with Crippen molar-refractivity contribution in [3.05, 3.63) is 64.6 Å². The molecular weight excluding hydrogens is 252 g/mol. The van der Waals surface area contributed by atoms with Gasteiger partial charge in [-0.25, -0.2) is 0 Å². The highest BCUT2D eigenvalue weighted by Crippen LogP contribution is 2.18. The quantitative estimate of drug-likeness (QED) is 0.878. The van der Waals surface area contributed by atoms with Gasteiger partial charge in [-0.2, -0.15) is 0 Å². The molecule has 1 heterocycles. The van der Waals surface area contributed by atoms with Gasteiger partial charge in [-0.05, 0) is 30.2 Å². The van der Waals surface area contributed by atoms with Crippen molar-refractivity contribution >= 4 is 0 Å². The van der Waals surface area contributed by atoms with Gasteiger partial charge in [-0.1, -0.05) is 25.1 Å². The van der Waals surface area contributed by atoms with Crippen LogP contribution in [0.3, 0.4) is 0 Å². The first-order chi connectivity index (χ1) is 9.70. The average Bonchev–Trinajstić information content (AvgIpc) is 2.49. The Balaban J connectivity index is 1.88. The van der Waals surface area contributed by atoms with Crippen LogP contribution in [0, 0.1) is 0 Å². The summed E-state index contributed by atoms with van der Waals surface area (Å²) in [7, 11) is 0. The SMILES string of the molecule is CC[C@H](N)c1ccc(OCCn2ccccc2=O)cc1. The first kappa shape index (κ1) is 14.3. The number of ether oxygens (including phenoxy) is 1. The van der Waals surface area contributed by atoms with Gasteiger partial charge in [0, 0.05) is 18.3 Å². The Bertz CT molecular complexity index is 590. The highest BCUT2D eigenvalue weighted by molar-refractivity contribution is 5.28. The van der Waals surface area contributed by atoms with Gasteiger partial charge in [0.15, 0.2) is 0 Å². The molecule has 0 unspecified atom stereocenters. The van der Waals surface area contributed by atoms with E-state index in [1.807, 2.05) is 30.3 Å². The van der Waals surface area contributed by atoms with E-state index in [1.165, 1.54) is 0 Å². The van der Waals surface area contributed by atoms with Crippen LogP contribution in [0.1, 0.15) is 24.9 Å². The third kappa shape index (κ3) is 3.71. The van der Waals surface area contributed by atoms with Crippen molar-refractivity contribution in [3.8, 4) is 5.75 Å². The van der Waals surface area contributed by atoms with Crippen LogP contribution < -0.4 is 16.0 Å². The number of nitrogens with two attached hydrogens (primary N) is 1. The predicted molar refractivity (Wildman–Crippen MR) is 79.9 cm³/mol. The number of nitrogens with zero attached hydrogens (tertiary/aromatic N) is 1. The summed E-state index contributed by atoms with van der Waals surface area (Å²) < 4.78 is 7.26. The molecule has 2 aromatic rings. The molecule has 106 valence electrons. The molecular formula is C16H20N2O2. The van der Waals surface area contributed by atoms with Crippen LogP contribution >= 0.6 is 0 Å². The largest absolute Gasteiger partial charge is 0.492 e. The van der Waals surface area contributed by atoms with E-state index in [2.05, 4.69) is 6.92 Å². The minimum Gasteiger partial charge on any atom is -0.492 e. The van der Waals surface area contributed by atoms with Gasteiger partial charge < -0.3 is 15.0 Å². The molecule has 0 saturated heterocycles. The zero-order valence-electron chi connectivity index (χ0n) is 11.7. The number of benzene rings is 1. The van der Waals surface area contributed by atoms with Crippen LogP contribution in [-0.2, 0) is 6.54 Å². The molecule has 2 rings (SSSR count). The highest BCUT2D eigenvalue weighted by Gasteiger charge is 2.03. The van der Waals surface area contributed by atoms with Crippen LogP contribution in [0.15, 0.2) is 53.5 Å². The van der Waals surface area contributed by atoms with Crippen molar-refractivity contribution in [3.63, 3.8) is 0 Å². The lowest BCUT2D eigenvalue weighted by Gasteiger charge is -2.11. The van der Waals surface area contributed by atoms with E-state index in [0.29, 0.717) is 13.2 Å². The molecule has 0 spiro atoms. The summed E-state index contributed by atoms with van der Waals surface area (Å²) in [5, 5.41) is 0. The van der Waals surface area contributed by atoms with Gasteiger partial charge in [0.2, 0.25) is 0 Å². The molecule has 4 nitrogen and oxygen atoms in total. The van der Waals surface area contributed by atoms with Crippen LogP contribution in [0.25, 0.3) is 0 Å². The molecule has 0 fully saturated rings. The molecule has 0 aliphatic rings. The molecule has 20 heavy (non-hydrogen) atoms. The van der Waals surface area contributed by atoms with Gasteiger partial charge in [-0.3, -0.25) is 4.79 Å². The zero-order chi connectivity index (χ0) is 14.4. The van der Waals surface area contributed by atoms with Crippen LogP contribution in [0.2, 0.25) is 0 Å². The second-order valence-corrected chi connectivity index (χ2v) is 4.66. The molecule has 2 N–H and O–H groups in total. The van der Waals surface area contributed by atoms with Crippen molar-refractivity contribution in [2.45, 2.75) is 25.9 Å². The van der Waals surface area contributed by atoms with Gasteiger partial charge in [0.1, 0.15) is 12.4 Å². The summed E-state index contributed by atoms with van der Waals surface area (Å²) in [5.74, 6) is 0.793. The Hall–Kier alpha value is -2.07. The second-order valence-electron chi connectivity index (χ2n) is 4.66. The fourth-order valence-corrected chi connectivity index (χ4v) is 1.95. The van der Waals surface area contributed by atoms with E-state index in [-0.39, 0.29) is 11.6 Å². The molecule has 0 aliphatic heterocycles. The number of aromatic nitrogens is 1. The molecule has 0 bridgehead atoms. The molecule has 0 radical (unpaired) electrons. The number of rotatable bonds is 6. The molecule has 1 atom stereocenters. The molecule has 1 aromatic carbocycles. The molecule has 4 heteroatoms. The molecule has 0 amide bonds. The van der Waals surface area contributed by atoms with Gasteiger partial charge in [0.25, 0.3) is 5.56 Å². The Kier molecular flexibility index (Phi) is 4.96. The van der Waals surface area contributed by atoms with Crippen molar-refractivity contribution in [2.75, 3.05) is 6.61 Å². The van der Waals surface area contributed by atoms with E-state index in [1.54, 1.807) is 22.9 Å². The van der Waals surface area contributed by atoms with Crippen molar-refractivity contribution in [2.24, 2.45) is 5.73 Å². The number of hydrogen-bond donors (Lipinski definition) is 1. The second kappa shape index (κ2) is 6.91. The van der Waals surface area contributed by atoms with Crippen LogP contribution in [0.4, 0.5) is 0 Å². The van der Waals surface area contributed by atoms with Gasteiger partial charge >= 0.3 is 0 Å². The Labute approximate surface area is 118 Å². The molecule has 0 saturated carbocycles. The normalized spacial score (nSPS) is 12.1. The third-order valence-electron chi connectivity index (χ3n) is 3.25. The Morgan fingerprint density at radius 1 is 1.20 bits per heavy atom. The first-order valence-corrected chi connectivity index (χ1v) is 6.84. The summed E-state index contributed by atoms with van der Waals surface area (Å²) in [4.78, 5) is 11.5. The Morgan fingerprint density at radius 3 is 2.60 bits per heavy atom. The van der Waals surface area contributed by atoms with E-state index in [4.69, 9.17) is 10.5 Å². The standard InChI is InChI=1S/C16H20N2O2/c1-2-15(17)13-6-8-14(9-7-13)20-12-11-18-10-4-3-5-16(18)19/h3-10,15H,2,11-12,17H2,1H3/t15-/m0/s1. The lowest BCUT2D eigenvalue weighted by atomic mass is 10.1. The maximum atomic E-state index is 11.5. The summed E-state index contributed by atoms with van der Waals surface area (Å²) in [6.07, 6.45) is 2.67. The van der Waals surface area contributed by atoms with E-state index >= 15 is 0 Å². The lowest BCUT2D eigenvalue weighted by Crippen LogP contribution is -2.21. The van der Waals surface area contributed by atoms with E-state index < -0.39 is 0 Å². The predicted octanol–water partition coefficient (Wildman–Crippen LogP) is 2.34. The van der Waals surface area contributed by atoms with Crippen molar-refractivity contribution < 1.29 is 4.74 Å². The smallest absolute Gasteiger partial charge is 0.250 e. The summed E-state index contributed by atoms with van der Waals surface area (Å²) in [5.41, 5.74) is 7.05. The van der Waals surface area contributed by atoms with Gasteiger partial charge in [-0.15, -0.1) is 0 Å². The van der Waals surface area contributed by atoms with E-state index in [9.17, 15) is 4.79 Å². The van der Waals surface area contributed by atoms with Crippen molar-refractivity contribution in [1.82, 2.24) is 4.57 Å². The molecule has 0 aliphatic carbocycles. The Morgan fingerprint density at radius 2 is 1.95 bits per heavy atom. The summed E-state index contributed by atoms with van der Waals surface area (Å²) in [6, 6.07) is 13.0. The maximum absolute atomic E-state index is 11.5. The maximum Gasteiger partial charge on any atom is 0.250 e. The van der Waals surface area contributed by atoms with Crippen molar-refractivity contribution in [1.29, 1.82) is 0 Å². The summed E-state index contributed by atoms with van der Waals surface area (Å²) >= 11 is 0. The summed E-state index contributed by atoms with van der Waals surface area (Å²) in [6.45, 7) is 3.06. The van der Waals surface area contributed by atoms with Gasteiger partial charge in [0.05, 0.1) is 6.54 Å². The third-order valence-corrected chi connectivity index (χ3v) is 3.25. The first-order valence-electron chi connectivity index (χ1n) is 6.84. The fraction of sp³-hybridized carbons (Fsp3) is 0.312. The number of pyridine rings is 1. The monoisotopic (exact) mass is 272 g/mol. The molecule has 1 aromatic heterocycles. The van der Waals surface area contributed by atoms with Crippen LogP contribution in [-0.4, -0.2) is 11.2 Å². The minimum absolute atomic E-state index is 0.0135. The average molecular weight is 272 g/mol. The van der Waals surface area contributed by atoms with Crippen LogP contribution in [0.5, 0.6) is 5.75 Å². The lowest BCUT2D eigenvalue weighted by molar-refractivity contribution is 0.296. The zero-order valence-corrected chi connectivity index (χ0v) is 11.7. The fourth-order valence-electron chi connectivity index (χ4n) is 1.95. The highest BCUT2D eigenvalue weighted by atomic mass is 16.5. The van der Waals surface area contributed by atoms with E-state index in [0.717, 1.165) is 17.7 Å².